The Morgan fingerprint density at radius 2 is 2.22 bits per heavy atom. The maximum Gasteiger partial charge on any atom is 0.245 e. The highest BCUT2D eigenvalue weighted by molar-refractivity contribution is 7.96. The first-order chi connectivity index (χ1) is 4.29. The molecule has 0 aliphatic carbocycles. The van der Waals surface area contributed by atoms with E-state index in [1.165, 1.54) is 12.1 Å². The Kier molecular flexibility index (Phi) is 4.53. The lowest BCUT2D eigenvalue weighted by molar-refractivity contribution is -0.118. The van der Waals surface area contributed by atoms with Gasteiger partial charge in [0, 0.05) is 12.1 Å². The van der Waals surface area contributed by atoms with E-state index in [0.717, 1.165) is 0 Å². The lowest BCUT2D eigenvalue weighted by Crippen LogP contribution is -2.12. The number of hydrogen-bond acceptors (Lipinski definition) is 3. The van der Waals surface area contributed by atoms with Crippen molar-refractivity contribution in [1.29, 1.82) is 0 Å². The molecule has 1 rings (SSSR count). The fourth-order valence-electron chi connectivity index (χ4n) is 0.396. The normalized spacial score (nSPS) is 18.3. The summed E-state index contributed by atoms with van der Waals surface area (Å²) in [7, 11) is 1.86. The number of carbonyl (C=O) groups excluding carboxylic acids is 1. The van der Waals surface area contributed by atoms with Gasteiger partial charge in [-0.15, -0.1) is 0 Å². The number of nitrogens with one attached hydrogen (secondary N) is 1. The fourth-order valence-corrected chi connectivity index (χ4v) is 0.900. The van der Waals surface area contributed by atoms with Crippen LogP contribution in [0, 0.1) is 0 Å². The van der Waals surface area contributed by atoms with Gasteiger partial charge >= 0.3 is 0 Å². The van der Waals surface area contributed by atoms with Crippen LogP contribution in [0.2, 0.25) is 0 Å². The average molecular weight is 148 g/mol. The number of hydrogen-bond donors (Lipinski definition) is 1. The van der Waals surface area contributed by atoms with E-state index < -0.39 is 0 Å². The zero-order valence-electron chi connectivity index (χ0n) is 5.97. The summed E-state index contributed by atoms with van der Waals surface area (Å²) in [5.41, 5.74) is 0. The lowest BCUT2D eigenvalue weighted by atomic mass is 10.6. The van der Waals surface area contributed by atoms with Crippen LogP contribution in [0.5, 0.6) is 0 Å². The highest BCUT2D eigenvalue weighted by atomic mass is 32.2. The maximum atomic E-state index is 10.3. The fraction of sp³-hybridized carbons (Fsp3) is 0.800. The van der Waals surface area contributed by atoms with E-state index in [0.29, 0.717) is 6.54 Å². The van der Waals surface area contributed by atoms with Crippen molar-refractivity contribution in [3.05, 3.63) is 0 Å². The molecule has 0 aromatic heterocycles. The van der Waals surface area contributed by atoms with E-state index in [-0.39, 0.29) is 5.91 Å². The summed E-state index contributed by atoms with van der Waals surface area (Å²) in [6.45, 7) is 4.52. The van der Waals surface area contributed by atoms with Crippen molar-refractivity contribution in [2.24, 2.45) is 0 Å². The summed E-state index contributed by atoms with van der Waals surface area (Å²) in [6, 6.07) is 0. The van der Waals surface area contributed by atoms with Crippen molar-refractivity contribution in [2.75, 3.05) is 13.6 Å². The van der Waals surface area contributed by atoms with Crippen LogP contribution in [0.25, 0.3) is 0 Å². The minimum absolute atomic E-state index is 0.0903. The monoisotopic (exact) mass is 148 g/mol. The van der Waals surface area contributed by atoms with Gasteiger partial charge < -0.3 is 0 Å². The predicted molar refractivity (Wildman–Crippen MR) is 39.7 cm³/mol. The van der Waals surface area contributed by atoms with E-state index in [4.69, 9.17) is 0 Å². The molecule has 0 unspecified atom stereocenters. The SMILES string of the molecule is CC.CN1CC(=O)NS1. The zero-order valence-corrected chi connectivity index (χ0v) is 6.79. The van der Waals surface area contributed by atoms with Crippen LogP contribution in [0.3, 0.4) is 0 Å². The van der Waals surface area contributed by atoms with Gasteiger partial charge in [-0.05, 0) is 7.05 Å². The van der Waals surface area contributed by atoms with Gasteiger partial charge in [0.2, 0.25) is 5.91 Å². The minimum Gasteiger partial charge on any atom is -0.286 e. The number of carbonyl (C=O) groups is 1. The second-order valence-corrected chi connectivity index (χ2v) is 2.41. The molecule has 0 saturated carbocycles. The largest absolute Gasteiger partial charge is 0.286 e. The number of amides is 1. The Bertz CT molecular complexity index is 97.0. The first-order valence-electron chi connectivity index (χ1n) is 2.96. The summed E-state index contributed by atoms with van der Waals surface area (Å²) in [4.78, 5) is 10.3. The lowest BCUT2D eigenvalue weighted by Gasteiger charge is -1.95. The second kappa shape index (κ2) is 4.64. The summed E-state index contributed by atoms with van der Waals surface area (Å²) in [6.07, 6.45) is 0. The maximum absolute atomic E-state index is 10.3. The molecule has 1 fully saturated rings. The van der Waals surface area contributed by atoms with Crippen LogP contribution in [-0.2, 0) is 4.79 Å². The first kappa shape index (κ1) is 8.78. The molecule has 3 nitrogen and oxygen atoms in total. The molecule has 0 bridgehead atoms. The van der Waals surface area contributed by atoms with Crippen molar-refractivity contribution < 1.29 is 4.79 Å². The van der Waals surface area contributed by atoms with E-state index >= 15 is 0 Å². The van der Waals surface area contributed by atoms with Crippen LogP contribution in [0.1, 0.15) is 13.8 Å². The Hall–Kier alpha value is -0.220. The van der Waals surface area contributed by atoms with Crippen LogP contribution in [-0.4, -0.2) is 23.8 Å². The molecule has 0 spiro atoms. The van der Waals surface area contributed by atoms with Gasteiger partial charge in [0.15, 0.2) is 0 Å². The van der Waals surface area contributed by atoms with Crippen molar-refractivity contribution in [3.8, 4) is 0 Å². The van der Waals surface area contributed by atoms with Crippen LogP contribution >= 0.6 is 12.1 Å². The molecule has 1 amide bonds. The molecule has 0 aromatic rings. The topological polar surface area (TPSA) is 32.3 Å². The van der Waals surface area contributed by atoms with Crippen molar-refractivity contribution in [2.45, 2.75) is 13.8 Å². The Morgan fingerprint density at radius 3 is 2.33 bits per heavy atom. The van der Waals surface area contributed by atoms with Crippen LogP contribution < -0.4 is 4.72 Å². The molecule has 1 N–H and O–H groups in total. The third-order valence-electron chi connectivity index (χ3n) is 0.682. The van der Waals surface area contributed by atoms with Gasteiger partial charge in [-0.1, -0.05) is 13.8 Å². The third-order valence-corrected chi connectivity index (χ3v) is 1.44. The van der Waals surface area contributed by atoms with Gasteiger partial charge in [-0.2, -0.15) is 0 Å². The van der Waals surface area contributed by atoms with Gasteiger partial charge in [-0.25, -0.2) is 4.31 Å². The summed E-state index contributed by atoms with van der Waals surface area (Å²) in [5.74, 6) is 0.0903. The summed E-state index contributed by atoms with van der Waals surface area (Å²) >= 11 is 1.34. The Balaban J connectivity index is 0.000000291. The van der Waals surface area contributed by atoms with Crippen LogP contribution in [0.4, 0.5) is 0 Å². The van der Waals surface area contributed by atoms with Crippen LogP contribution in [0.15, 0.2) is 0 Å². The molecular weight excluding hydrogens is 136 g/mol. The molecule has 0 aromatic carbocycles. The average Bonchev–Trinajstić information content (AvgIpc) is 2.20. The Labute approximate surface area is 60.1 Å². The van der Waals surface area contributed by atoms with Crippen molar-refractivity contribution >= 4 is 18.0 Å². The van der Waals surface area contributed by atoms with Gasteiger partial charge in [0.25, 0.3) is 0 Å². The minimum atomic E-state index is 0.0903. The highest BCUT2D eigenvalue weighted by Crippen LogP contribution is 2.06. The summed E-state index contributed by atoms with van der Waals surface area (Å²) < 4.78 is 4.41. The molecule has 1 saturated heterocycles. The number of rotatable bonds is 0. The standard InChI is InChI=1S/C3H6N2OS.C2H6/c1-5-2-3(6)4-7-5;1-2/h2H2,1H3,(H,4,6);1-2H3. The highest BCUT2D eigenvalue weighted by Gasteiger charge is 2.14. The molecule has 0 radical (unpaired) electrons. The molecule has 1 aliphatic rings. The third kappa shape index (κ3) is 3.37. The summed E-state index contributed by atoms with van der Waals surface area (Å²) in [5, 5.41) is 0. The molecule has 1 aliphatic heterocycles. The Morgan fingerprint density at radius 1 is 1.67 bits per heavy atom. The van der Waals surface area contributed by atoms with E-state index in [1.807, 2.05) is 25.2 Å². The smallest absolute Gasteiger partial charge is 0.245 e. The van der Waals surface area contributed by atoms with E-state index in [2.05, 4.69) is 4.72 Å². The molecule has 9 heavy (non-hydrogen) atoms. The zero-order chi connectivity index (χ0) is 7.28. The van der Waals surface area contributed by atoms with Crippen molar-refractivity contribution in [1.82, 2.24) is 9.03 Å². The second-order valence-electron chi connectivity index (χ2n) is 1.40. The predicted octanol–water partition coefficient (Wildman–Crippen LogP) is 0.637. The number of nitrogens with zero attached hydrogens (tertiary/aromatic N) is 1. The van der Waals surface area contributed by atoms with Crippen molar-refractivity contribution in [3.63, 3.8) is 0 Å². The van der Waals surface area contributed by atoms with E-state index in [9.17, 15) is 4.79 Å². The van der Waals surface area contributed by atoms with Gasteiger partial charge in [0.05, 0.1) is 6.54 Å². The quantitative estimate of drug-likeness (QED) is 0.512. The van der Waals surface area contributed by atoms with Gasteiger partial charge in [-0.3, -0.25) is 9.52 Å². The first-order valence-corrected chi connectivity index (χ1v) is 3.73. The van der Waals surface area contributed by atoms with E-state index in [1.54, 1.807) is 0 Å². The number of likely N-dealkylation sites (N-methyl/N-ethyl adjacent to an activating group) is 1. The van der Waals surface area contributed by atoms with Gasteiger partial charge in [0.1, 0.15) is 0 Å². The molecule has 4 heteroatoms. The molecule has 54 valence electrons. The molecular formula is C5H12N2OS. The molecule has 0 atom stereocenters. The molecule has 1 heterocycles.